The molecule has 2 heterocycles. The Hall–Kier alpha value is -1.03. The van der Waals surface area contributed by atoms with Crippen LogP contribution in [0, 0.1) is 5.92 Å². The van der Waals surface area contributed by atoms with E-state index in [9.17, 15) is 0 Å². The molecular weight excluding hydrogens is 226 g/mol. The SMILES string of the molecule is CC(C)NCc1coc(N2CCCC2C(C)C)n1. The lowest BCUT2D eigenvalue weighted by Crippen LogP contribution is -2.33. The third-order valence-corrected chi connectivity index (χ3v) is 3.55. The summed E-state index contributed by atoms with van der Waals surface area (Å²) in [5.41, 5.74) is 0.994. The summed E-state index contributed by atoms with van der Waals surface area (Å²) in [5.74, 6) is 0.650. The molecule has 0 radical (unpaired) electrons. The van der Waals surface area contributed by atoms with Crippen molar-refractivity contribution in [2.24, 2.45) is 5.92 Å². The molecule has 0 saturated carbocycles. The Labute approximate surface area is 110 Å². The van der Waals surface area contributed by atoms with E-state index in [2.05, 4.69) is 42.9 Å². The van der Waals surface area contributed by atoms with Crippen LogP contribution in [0.4, 0.5) is 6.01 Å². The first-order valence-corrected chi connectivity index (χ1v) is 7.02. The largest absolute Gasteiger partial charge is 0.432 e. The van der Waals surface area contributed by atoms with Crippen molar-refractivity contribution >= 4 is 6.01 Å². The van der Waals surface area contributed by atoms with Gasteiger partial charge in [0.05, 0.1) is 5.69 Å². The lowest BCUT2D eigenvalue weighted by atomic mass is 10.0. The van der Waals surface area contributed by atoms with E-state index in [0.29, 0.717) is 18.0 Å². The highest BCUT2D eigenvalue weighted by molar-refractivity contribution is 5.31. The van der Waals surface area contributed by atoms with E-state index in [4.69, 9.17) is 4.42 Å². The van der Waals surface area contributed by atoms with E-state index in [1.165, 1.54) is 12.8 Å². The third-order valence-electron chi connectivity index (χ3n) is 3.55. The maximum atomic E-state index is 5.64. The maximum absolute atomic E-state index is 5.64. The van der Waals surface area contributed by atoms with Gasteiger partial charge in [0, 0.05) is 25.2 Å². The van der Waals surface area contributed by atoms with Gasteiger partial charge in [-0.3, -0.25) is 0 Å². The molecule has 1 fully saturated rings. The zero-order chi connectivity index (χ0) is 13.1. The molecule has 0 aliphatic carbocycles. The number of hydrogen-bond donors (Lipinski definition) is 1. The summed E-state index contributed by atoms with van der Waals surface area (Å²) in [6, 6.07) is 1.85. The van der Waals surface area contributed by atoms with E-state index in [-0.39, 0.29) is 0 Å². The fourth-order valence-corrected chi connectivity index (χ4v) is 2.54. The van der Waals surface area contributed by atoms with Crippen molar-refractivity contribution < 1.29 is 4.42 Å². The molecule has 1 aliphatic heterocycles. The van der Waals surface area contributed by atoms with Crippen LogP contribution in [0.2, 0.25) is 0 Å². The van der Waals surface area contributed by atoms with Gasteiger partial charge in [0.25, 0.3) is 6.01 Å². The maximum Gasteiger partial charge on any atom is 0.297 e. The van der Waals surface area contributed by atoms with E-state index >= 15 is 0 Å². The summed E-state index contributed by atoms with van der Waals surface area (Å²) in [4.78, 5) is 6.92. The second-order valence-electron chi connectivity index (χ2n) is 5.80. The van der Waals surface area contributed by atoms with Gasteiger partial charge >= 0.3 is 0 Å². The van der Waals surface area contributed by atoms with Crippen molar-refractivity contribution in [3.8, 4) is 0 Å². The van der Waals surface area contributed by atoms with E-state index < -0.39 is 0 Å². The molecule has 0 aromatic carbocycles. The van der Waals surface area contributed by atoms with Crippen molar-refractivity contribution in [2.45, 2.75) is 59.2 Å². The number of nitrogens with zero attached hydrogens (tertiary/aromatic N) is 2. The predicted molar refractivity (Wildman–Crippen MR) is 73.7 cm³/mol. The van der Waals surface area contributed by atoms with E-state index in [1.807, 2.05) is 0 Å². The van der Waals surface area contributed by atoms with Gasteiger partial charge in [0.2, 0.25) is 0 Å². The molecule has 1 aliphatic rings. The molecule has 1 aromatic heterocycles. The highest BCUT2D eigenvalue weighted by atomic mass is 16.4. The van der Waals surface area contributed by atoms with Gasteiger partial charge in [-0.1, -0.05) is 27.7 Å². The number of anilines is 1. The number of rotatable bonds is 5. The highest BCUT2D eigenvalue weighted by Gasteiger charge is 2.30. The molecule has 1 unspecified atom stereocenters. The molecule has 4 nitrogen and oxygen atoms in total. The van der Waals surface area contributed by atoms with Crippen LogP contribution >= 0.6 is 0 Å². The molecule has 1 aromatic rings. The summed E-state index contributed by atoms with van der Waals surface area (Å²) >= 11 is 0. The Bertz CT molecular complexity index is 373. The first-order valence-electron chi connectivity index (χ1n) is 7.02. The Balaban J connectivity index is 2.00. The van der Waals surface area contributed by atoms with Gasteiger partial charge in [-0.25, -0.2) is 0 Å². The van der Waals surface area contributed by atoms with Gasteiger partial charge in [-0.2, -0.15) is 4.98 Å². The van der Waals surface area contributed by atoms with Gasteiger partial charge in [-0.15, -0.1) is 0 Å². The van der Waals surface area contributed by atoms with Crippen LogP contribution in [0.1, 0.15) is 46.2 Å². The van der Waals surface area contributed by atoms with Crippen LogP contribution < -0.4 is 10.2 Å². The summed E-state index contributed by atoms with van der Waals surface area (Å²) in [6.45, 7) is 10.7. The Morgan fingerprint density at radius 3 is 2.89 bits per heavy atom. The van der Waals surface area contributed by atoms with Crippen LogP contribution in [-0.2, 0) is 6.54 Å². The highest BCUT2D eigenvalue weighted by Crippen LogP contribution is 2.28. The van der Waals surface area contributed by atoms with Crippen molar-refractivity contribution in [1.82, 2.24) is 10.3 Å². The smallest absolute Gasteiger partial charge is 0.297 e. The van der Waals surface area contributed by atoms with Gasteiger partial charge in [0.1, 0.15) is 6.26 Å². The van der Waals surface area contributed by atoms with Crippen LogP contribution in [0.5, 0.6) is 0 Å². The Morgan fingerprint density at radius 2 is 2.22 bits per heavy atom. The first kappa shape index (κ1) is 13.4. The van der Waals surface area contributed by atoms with Crippen LogP contribution in [-0.4, -0.2) is 23.6 Å². The molecule has 4 heteroatoms. The summed E-state index contributed by atoms with van der Waals surface area (Å²) < 4.78 is 5.64. The molecule has 18 heavy (non-hydrogen) atoms. The minimum Gasteiger partial charge on any atom is -0.432 e. The van der Waals surface area contributed by atoms with Crippen LogP contribution in [0.25, 0.3) is 0 Å². The van der Waals surface area contributed by atoms with Gasteiger partial charge in [-0.05, 0) is 18.8 Å². The quantitative estimate of drug-likeness (QED) is 0.873. The monoisotopic (exact) mass is 251 g/mol. The lowest BCUT2D eigenvalue weighted by Gasteiger charge is -2.25. The van der Waals surface area contributed by atoms with Gasteiger partial charge < -0.3 is 14.6 Å². The normalized spacial score (nSPS) is 20.3. The standard InChI is InChI=1S/C14H25N3O/c1-10(2)13-6-5-7-17(13)14-16-12(9-18-14)8-15-11(3)4/h9-11,13,15H,5-8H2,1-4H3. The number of oxazole rings is 1. The molecule has 2 rings (SSSR count). The molecule has 0 spiro atoms. The Kier molecular flexibility index (Phi) is 4.27. The van der Waals surface area contributed by atoms with Crippen molar-refractivity contribution in [3.05, 3.63) is 12.0 Å². The molecule has 102 valence electrons. The van der Waals surface area contributed by atoms with Crippen molar-refractivity contribution in [3.63, 3.8) is 0 Å². The number of nitrogens with one attached hydrogen (secondary N) is 1. The van der Waals surface area contributed by atoms with Crippen molar-refractivity contribution in [2.75, 3.05) is 11.4 Å². The second kappa shape index (κ2) is 5.74. The minimum absolute atomic E-state index is 0.473. The van der Waals surface area contributed by atoms with E-state index in [1.54, 1.807) is 6.26 Å². The number of hydrogen-bond acceptors (Lipinski definition) is 4. The van der Waals surface area contributed by atoms with E-state index in [0.717, 1.165) is 24.8 Å². The molecule has 0 bridgehead atoms. The summed E-state index contributed by atoms with van der Waals surface area (Å²) in [7, 11) is 0. The number of aromatic nitrogens is 1. The molecule has 1 saturated heterocycles. The lowest BCUT2D eigenvalue weighted by molar-refractivity contribution is 0.453. The first-order chi connectivity index (χ1) is 8.58. The topological polar surface area (TPSA) is 41.3 Å². The zero-order valence-electron chi connectivity index (χ0n) is 11.9. The molecule has 1 N–H and O–H groups in total. The third kappa shape index (κ3) is 3.05. The summed E-state index contributed by atoms with van der Waals surface area (Å²) in [5, 5.41) is 3.36. The van der Waals surface area contributed by atoms with Crippen LogP contribution in [0.15, 0.2) is 10.7 Å². The minimum atomic E-state index is 0.473. The van der Waals surface area contributed by atoms with Gasteiger partial charge in [0.15, 0.2) is 0 Å². The zero-order valence-corrected chi connectivity index (χ0v) is 11.9. The molecular formula is C14H25N3O. The molecule has 0 amide bonds. The fraction of sp³-hybridized carbons (Fsp3) is 0.786. The summed E-state index contributed by atoms with van der Waals surface area (Å²) in [6.07, 6.45) is 4.27. The predicted octanol–water partition coefficient (Wildman–Crippen LogP) is 2.80. The average Bonchev–Trinajstić information content (AvgIpc) is 2.94. The molecule has 1 atom stereocenters. The Morgan fingerprint density at radius 1 is 1.44 bits per heavy atom. The fourth-order valence-electron chi connectivity index (χ4n) is 2.54. The van der Waals surface area contributed by atoms with Crippen molar-refractivity contribution in [1.29, 1.82) is 0 Å². The average molecular weight is 251 g/mol. The second-order valence-corrected chi connectivity index (χ2v) is 5.80. The van der Waals surface area contributed by atoms with Crippen LogP contribution in [0.3, 0.4) is 0 Å².